The second kappa shape index (κ2) is 4.84. The van der Waals surface area contributed by atoms with Gasteiger partial charge in [0.2, 0.25) is 0 Å². The first-order chi connectivity index (χ1) is 10.3. The Labute approximate surface area is 126 Å². The topological polar surface area (TPSA) is 54.6 Å². The third kappa shape index (κ3) is 2.16. The normalized spacial score (nSPS) is 12.0. The van der Waals surface area contributed by atoms with Crippen LogP contribution >= 0.6 is 11.3 Å². The van der Waals surface area contributed by atoms with E-state index in [0.29, 0.717) is 22.6 Å². The quantitative estimate of drug-likeness (QED) is 0.772. The summed E-state index contributed by atoms with van der Waals surface area (Å²) in [5, 5.41) is 8.99. The lowest BCUT2D eigenvalue weighted by Crippen LogP contribution is -2.14. The molecular weight excluding hydrogens is 317 g/mol. The van der Waals surface area contributed by atoms with E-state index < -0.39 is 22.7 Å². The van der Waals surface area contributed by atoms with Crippen molar-refractivity contribution < 1.29 is 23.1 Å². The third-order valence-electron chi connectivity index (χ3n) is 3.22. The molecule has 114 valence electrons. The average molecular weight is 326 g/mol. The average Bonchev–Trinajstić information content (AvgIpc) is 2.97. The van der Waals surface area contributed by atoms with Crippen LogP contribution in [0.3, 0.4) is 0 Å². The van der Waals surface area contributed by atoms with Crippen LogP contribution < -0.4 is 0 Å². The van der Waals surface area contributed by atoms with Gasteiger partial charge in [-0.15, -0.1) is 0 Å². The summed E-state index contributed by atoms with van der Waals surface area (Å²) in [7, 11) is 0. The number of carbonyl (C=O) groups is 1. The van der Waals surface area contributed by atoms with Crippen LogP contribution in [0.25, 0.3) is 16.2 Å². The number of fused-ring (bicyclic) bond motifs is 1. The summed E-state index contributed by atoms with van der Waals surface area (Å²) in [6, 6.07) is 8.79. The van der Waals surface area contributed by atoms with Crippen LogP contribution in [-0.4, -0.2) is 20.5 Å². The van der Waals surface area contributed by atoms with E-state index in [4.69, 9.17) is 5.11 Å². The molecule has 3 aromatic rings. The van der Waals surface area contributed by atoms with Gasteiger partial charge in [0.05, 0.1) is 5.69 Å². The summed E-state index contributed by atoms with van der Waals surface area (Å²) >= 11 is 0.521. The van der Waals surface area contributed by atoms with Crippen molar-refractivity contribution in [2.45, 2.75) is 13.1 Å². The molecule has 0 aliphatic heterocycles. The Morgan fingerprint density at radius 2 is 1.91 bits per heavy atom. The minimum absolute atomic E-state index is 0.0149. The fourth-order valence-electron chi connectivity index (χ4n) is 2.32. The van der Waals surface area contributed by atoms with Gasteiger partial charge in [-0.25, -0.2) is 9.78 Å². The molecule has 4 nitrogen and oxygen atoms in total. The number of hydrogen-bond donors (Lipinski definition) is 1. The molecule has 0 unspecified atom stereocenters. The number of hydrogen-bond acceptors (Lipinski definition) is 3. The minimum Gasteiger partial charge on any atom is -0.477 e. The number of benzene rings is 1. The Bertz CT molecular complexity index is 866. The lowest BCUT2D eigenvalue weighted by molar-refractivity contribution is -0.142. The highest BCUT2D eigenvalue weighted by molar-refractivity contribution is 7.19. The summed E-state index contributed by atoms with van der Waals surface area (Å²) in [6.45, 7) is 1.50. The van der Waals surface area contributed by atoms with E-state index >= 15 is 0 Å². The van der Waals surface area contributed by atoms with E-state index in [1.807, 2.05) is 0 Å². The fraction of sp³-hybridized carbons (Fsp3) is 0.143. The maximum Gasteiger partial charge on any atom is 0.433 e. The molecule has 0 atom stereocenters. The monoisotopic (exact) mass is 326 g/mol. The van der Waals surface area contributed by atoms with Crippen molar-refractivity contribution in [2.75, 3.05) is 0 Å². The number of rotatable bonds is 2. The molecule has 22 heavy (non-hydrogen) atoms. The zero-order valence-corrected chi connectivity index (χ0v) is 12.0. The summed E-state index contributed by atoms with van der Waals surface area (Å²) in [5.41, 5.74) is 0.166. The number of halogens is 3. The molecule has 0 aliphatic rings. The van der Waals surface area contributed by atoms with Crippen molar-refractivity contribution in [3.8, 4) is 11.3 Å². The molecule has 0 bridgehead atoms. The number of thiazole rings is 1. The van der Waals surface area contributed by atoms with Gasteiger partial charge in [-0.05, 0) is 6.92 Å². The van der Waals surface area contributed by atoms with E-state index in [9.17, 15) is 18.0 Å². The molecule has 2 aromatic heterocycles. The molecule has 0 saturated carbocycles. The number of aromatic carboxylic acids is 1. The molecule has 0 fully saturated rings. The van der Waals surface area contributed by atoms with E-state index in [-0.39, 0.29) is 10.7 Å². The van der Waals surface area contributed by atoms with Crippen LogP contribution in [0.2, 0.25) is 0 Å². The number of carboxylic acid groups (broad SMARTS) is 1. The molecule has 1 aromatic carbocycles. The van der Waals surface area contributed by atoms with Crippen LogP contribution in [-0.2, 0) is 6.18 Å². The summed E-state index contributed by atoms with van der Waals surface area (Å²) in [5.74, 6) is -1.61. The minimum atomic E-state index is -4.77. The van der Waals surface area contributed by atoms with Gasteiger partial charge in [-0.2, -0.15) is 13.2 Å². The Morgan fingerprint density at radius 3 is 2.45 bits per heavy atom. The zero-order chi connectivity index (χ0) is 16.1. The van der Waals surface area contributed by atoms with Crippen LogP contribution in [0.4, 0.5) is 13.2 Å². The highest BCUT2D eigenvalue weighted by atomic mass is 32.1. The number of aryl methyl sites for hydroxylation is 1. The first-order valence-electron chi connectivity index (χ1n) is 6.18. The lowest BCUT2D eigenvalue weighted by Gasteiger charge is -2.08. The number of aromatic nitrogens is 2. The summed E-state index contributed by atoms with van der Waals surface area (Å²) in [4.78, 5) is 14.5. The van der Waals surface area contributed by atoms with Gasteiger partial charge in [-0.3, -0.25) is 4.40 Å². The Balaban J connectivity index is 2.34. The molecule has 8 heteroatoms. The Kier molecular flexibility index (Phi) is 3.21. The predicted molar refractivity (Wildman–Crippen MR) is 75.2 cm³/mol. The van der Waals surface area contributed by atoms with Crippen LogP contribution in [0.5, 0.6) is 0 Å². The van der Waals surface area contributed by atoms with Crippen molar-refractivity contribution in [1.82, 2.24) is 9.38 Å². The summed E-state index contributed by atoms with van der Waals surface area (Å²) in [6.07, 6.45) is -4.77. The molecular formula is C14H9F3N2O2S. The molecule has 2 heterocycles. The summed E-state index contributed by atoms with van der Waals surface area (Å²) < 4.78 is 40.6. The van der Waals surface area contributed by atoms with E-state index in [0.717, 1.165) is 4.40 Å². The van der Waals surface area contributed by atoms with Gasteiger partial charge in [0.25, 0.3) is 0 Å². The SMILES string of the molecule is Cc1c(-c2ccccc2)nc2sc(C(=O)O)c(C(F)(F)F)n12. The molecule has 0 spiro atoms. The van der Waals surface area contributed by atoms with Gasteiger partial charge in [0.1, 0.15) is 4.88 Å². The second-order valence-corrected chi connectivity index (χ2v) is 5.59. The highest BCUT2D eigenvalue weighted by Crippen LogP contribution is 2.39. The number of nitrogens with zero attached hydrogens (tertiary/aromatic N) is 2. The van der Waals surface area contributed by atoms with Crippen LogP contribution in [0, 0.1) is 6.92 Å². The van der Waals surface area contributed by atoms with Crippen molar-refractivity contribution in [1.29, 1.82) is 0 Å². The Morgan fingerprint density at radius 1 is 1.27 bits per heavy atom. The van der Waals surface area contributed by atoms with Gasteiger partial charge < -0.3 is 5.11 Å². The van der Waals surface area contributed by atoms with Gasteiger partial charge >= 0.3 is 12.1 Å². The van der Waals surface area contributed by atoms with Gasteiger partial charge in [0.15, 0.2) is 10.7 Å². The maximum atomic E-state index is 13.3. The van der Waals surface area contributed by atoms with Gasteiger partial charge in [-0.1, -0.05) is 41.7 Å². The molecule has 0 radical (unpaired) electrons. The Hall–Kier alpha value is -2.35. The van der Waals surface area contributed by atoms with Crippen LogP contribution in [0.1, 0.15) is 21.1 Å². The van der Waals surface area contributed by atoms with Crippen LogP contribution in [0.15, 0.2) is 30.3 Å². The molecule has 0 amide bonds. The van der Waals surface area contributed by atoms with Crippen molar-refractivity contribution >= 4 is 22.3 Å². The zero-order valence-electron chi connectivity index (χ0n) is 11.2. The standard InChI is InChI=1S/C14H9F3N2O2S/c1-7-9(8-5-3-2-4-6-8)18-13-19(7)11(14(15,16)17)10(22-13)12(20)21/h2-6H,1H3,(H,20,21). The largest absolute Gasteiger partial charge is 0.477 e. The first kappa shape index (κ1) is 14.6. The molecule has 0 aliphatic carbocycles. The number of carboxylic acids is 1. The van der Waals surface area contributed by atoms with E-state index in [2.05, 4.69) is 4.98 Å². The van der Waals surface area contributed by atoms with Crippen molar-refractivity contribution in [3.63, 3.8) is 0 Å². The molecule has 0 saturated heterocycles. The van der Waals surface area contributed by atoms with Gasteiger partial charge in [0, 0.05) is 11.3 Å². The number of alkyl halides is 3. The third-order valence-corrected chi connectivity index (χ3v) is 4.25. The number of imidazole rings is 1. The van der Waals surface area contributed by atoms with E-state index in [1.165, 1.54) is 6.92 Å². The second-order valence-electron chi connectivity index (χ2n) is 4.61. The van der Waals surface area contributed by atoms with Crippen molar-refractivity contribution in [2.24, 2.45) is 0 Å². The van der Waals surface area contributed by atoms with Crippen molar-refractivity contribution in [3.05, 3.63) is 46.6 Å². The predicted octanol–water partition coefficient (Wildman–Crippen LogP) is 4.09. The highest BCUT2D eigenvalue weighted by Gasteiger charge is 2.41. The first-order valence-corrected chi connectivity index (χ1v) is 7.00. The molecule has 1 N–H and O–H groups in total. The maximum absolute atomic E-state index is 13.3. The van der Waals surface area contributed by atoms with E-state index in [1.54, 1.807) is 30.3 Å². The smallest absolute Gasteiger partial charge is 0.433 e. The lowest BCUT2D eigenvalue weighted by atomic mass is 10.1. The fourth-order valence-corrected chi connectivity index (χ4v) is 3.35. The molecule has 3 rings (SSSR count).